The van der Waals surface area contributed by atoms with Crippen molar-refractivity contribution in [3.63, 3.8) is 0 Å². The Morgan fingerprint density at radius 1 is 1.33 bits per heavy atom. The van der Waals surface area contributed by atoms with Gasteiger partial charge < -0.3 is 0 Å². The molecule has 0 saturated carbocycles. The molecule has 0 unspecified atom stereocenters. The third kappa shape index (κ3) is 3.79. The van der Waals surface area contributed by atoms with Crippen LogP contribution in [0.25, 0.3) is 0 Å². The third-order valence-electron chi connectivity index (χ3n) is 3.45. The van der Waals surface area contributed by atoms with Crippen LogP contribution in [0.1, 0.15) is 52.9 Å². The molecule has 0 bridgehead atoms. The molecule has 0 fully saturated rings. The van der Waals surface area contributed by atoms with Gasteiger partial charge in [0.15, 0.2) is 0 Å². The van der Waals surface area contributed by atoms with Crippen LogP contribution in [0.4, 0.5) is 0 Å². The van der Waals surface area contributed by atoms with Crippen LogP contribution in [0.5, 0.6) is 0 Å². The lowest BCUT2D eigenvalue weighted by atomic mass is 9.71. The quantitative estimate of drug-likeness (QED) is 0.484. The van der Waals surface area contributed by atoms with E-state index in [4.69, 9.17) is 0 Å². The molecule has 1 aliphatic rings. The van der Waals surface area contributed by atoms with Crippen LogP contribution in [-0.4, -0.2) is 5.33 Å². The summed E-state index contributed by atoms with van der Waals surface area (Å²) in [6.07, 6.45) is 11.0. The summed E-state index contributed by atoms with van der Waals surface area (Å²) in [5.41, 5.74) is 3.75. The lowest BCUT2D eigenvalue weighted by Gasteiger charge is -2.34. The zero-order valence-electron chi connectivity index (χ0n) is 10.3. The minimum atomic E-state index is 0.432. The molecular formula is C14H23Br. The molecule has 0 aromatic carbocycles. The van der Waals surface area contributed by atoms with Crippen LogP contribution >= 0.6 is 15.9 Å². The standard InChI is InChI=1S/C14H23Br/c1-12-8-7-10-14(2,3)13(12)9-5-4-6-11-15/h4-5H,6-11H2,1-3H3/b5-4+. The van der Waals surface area contributed by atoms with Crippen LogP contribution in [-0.2, 0) is 0 Å². The fourth-order valence-electron chi connectivity index (χ4n) is 2.51. The first-order valence-corrected chi connectivity index (χ1v) is 7.10. The topological polar surface area (TPSA) is 0 Å². The number of hydrogen-bond acceptors (Lipinski definition) is 0. The smallest absolute Gasteiger partial charge is 0.00659 e. The Kier molecular flexibility index (Phi) is 5.11. The van der Waals surface area contributed by atoms with E-state index in [1.165, 1.54) is 19.3 Å². The number of alkyl halides is 1. The van der Waals surface area contributed by atoms with Gasteiger partial charge in [-0.1, -0.05) is 53.1 Å². The van der Waals surface area contributed by atoms with Gasteiger partial charge in [-0.05, 0) is 44.4 Å². The van der Waals surface area contributed by atoms with Gasteiger partial charge in [0, 0.05) is 5.33 Å². The van der Waals surface area contributed by atoms with Gasteiger partial charge in [-0.15, -0.1) is 0 Å². The van der Waals surface area contributed by atoms with Crippen molar-refractivity contribution < 1.29 is 0 Å². The Balaban J connectivity index is 2.64. The Morgan fingerprint density at radius 2 is 2.07 bits per heavy atom. The van der Waals surface area contributed by atoms with Gasteiger partial charge in [0.2, 0.25) is 0 Å². The minimum Gasteiger partial charge on any atom is -0.0925 e. The van der Waals surface area contributed by atoms with Crippen molar-refractivity contribution in [1.82, 2.24) is 0 Å². The summed E-state index contributed by atoms with van der Waals surface area (Å²) >= 11 is 3.45. The number of hydrogen-bond donors (Lipinski definition) is 0. The van der Waals surface area contributed by atoms with E-state index in [-0.39, 0.29) is 0 Å². The Hall–Kier alpha value is -0.0400. The molecule has 1 rings (SSSR count). The second-order valence-electron chi connectivity index (χ2n) is 5.15. The molecule has 15 heavy (non-hydrogen) atoms. The van der Waals surface area contributed by atoms with Crippen LogP contribution in [0.2, 0.25) is 0 Å². The zero-order valence-corrected chi connectivity index (χ0v) is 11.9. The van der Waals surface area contributed by atoms with Gasteiger partial charge in [0.25, 0.3) is 0 Å². The van der Waals surface area contributed by atoms with Crippen molar-refractivity contribution in [2.24, 2.45) is 5.41 Å². The molecule has 1 aliphatic carbocycles. The summed E-state index contributed by atoms with van der Waals surface area (Å²) in [4.78, 5) is 0. The number of rotatable bonds is 4. The predicted molar refractivity (Wildman–Crippen MR) is 72.5 cm³/mol. The van der Waals surface area contributed by atoms with Crippen molar-refractivity contribution in [1.29, 1.82) is 0 Å². The molecule has 1 heteroatoms. The number of allylic oxidation sites excluding steroid dienone is 4. The van der Waals surface area contributed by atoms with E-state index >= 15 is 0 Å². The zero-order chi connectivity index (χ0) is 11.3. The van der Waals surface area contributed by atoms with Gasteiger partial charge in [-0.25, -0.2) is 0 Å². The molecule has 0 spiro atoms. The first-order chi connectivity index (χ1) is 7.08. The highest BCUT2D eigenvalue weighted by Gasteiger charge is 2.26. The van der Waals surface area contributed by atoms with Crippen molar-refractivity contribution in [2.75, 3.05) is 5.33 Å². The average Bonchev–Trinajstić information content (AvgIpc) is 2.15. The molecule has 0 atom stereocenters. The highest BCUT2D eigenvalue weighted by Crippen LogP contribution is 2.41. The maximum atomic E-state index is 3.45. The van der Waals surface area contributed by atoms with E-state index in [0.29, 0.717) is 5.41 Å². The fraction of sp³-hybridized carbons (Fsp3) is 0.714. The van der Waals surface area contributed by atoms with Crippen molar-refractivity contribution in [3.05, 3.63) is 23.3 Å². The molecule has 86 valence electrons. The van der Waals surface area contributed by atoms with Gasteiger partial charge >= 0.3 is 0 Å². The Bertz CT molecular complexity index is 259. The second kappa shape index (κ2) is 5.89. The molecule has 0 aromatic rings. The molecule has 0 radical (unpaired) electrons. The van der Waals surface area contributed by atoms with Crippen molar-refractivity contribution in [3.8, 4) is 0 Å². The van der Waals surface area contributed by atoms with Crippen LogP contribution in [0, 0.1) is 5.41 Å². The first kappa shape index (κ1) is 13.0. The van der Waals surface area contributed by atoms with E-state index in [9.17, 15) is 0 Å². The molecule has 0 N–H and O–H groups in total. The maximum absolute atomic E-state index is 3.45. The maximum Gasteiger partial charge on any atom is 0.00659 e. The van der Waals surface area contributed by atoms with E-state index in [0.717, 1.165) is 18.2 Å². The van der Waals surface area contributed by atoms with Crippen LogP contribution in [0.3, 0.4) is 0 Å². The molecule has 0 aliphatic heterocycles. The van der Waals surface area contributed by atoms with E-state index in [1.54, 1.807) is 11.1 Å². The van der Waals surface area contributed by atoms with Gasteiger partial charge in [0.05, 0.1) is 0 Å². The molecule has 0 aromatic heterocycles. The Morgan fingerprint density at radius 3 is 2.67 bits per heavy atom. The first-order valence-electron chi connectivity index (χ1n) is 5.98. The average molecular weight is 271 g/mol. The van der Waals surface area contributed by atoms with Gasteiger partial charge in [0.1, 0.15) is 0 Å². The summed E-state index contributed by atoms with van der Waals surface area (Å²) in [6, 6.07) is 0. The number of halogens is 1. The summed E-state index contributed by atoms with van der Waals surface area (Å²) in [6.45, 7) is 7.10. The normalized spacial score (nSPS) is 21.3. The summed E-state index contributed by atoms with van der Waals surface area (Å²) < 4.78 is 0. The van der Waals surface area contributed by atoms with Gasteiger partial charge in [-0.3, -0.25) is 0 Å². The molecule has 0 saturated heterocycles. The fourth-order valence-corrected chi connectivity index (χ4v) is 2.77. The lowest BCUT2D eigenvalue weighted by molar-refractivity contribution is 0.361. The van der Waals surface area contributed by atoms with Crippen molar-refractivity contribution in [2.45, 2.75) is 52.9 Å². The summed E-state index contributed by atoms with van der Waals surface area (Å²) in [5.74, 6) is 0. The molecule has 0 amide bonds. The van der Waals surface area contributed by atoms with E-state index in [2.05, 4.69) is 48.9 Å². The highest BCUT2D eigenvalue weighted by molar-refractivity contribution is 9.09. The SMILES string of the molecule is CC1=C(C/C=C/CCBr)C(C)(C)CCC1. The van der Waals surface area contributed by atoms with Gasteiger partial charge in [-0.2, -0.15) is 0 Å². The third-order valence-corrected chi connectivity index (χ3v) is 3.91. The van der Waals surface area contributed by atoms with E-state index in [1.807, 2.05) is 0 Å². The highest BCUT2D eigenvalue weighted by atomic mass is 79.9. The minimum absolute atomic E-state index is 0.432. The molecular weight excluding hydrogens is 248 g/mol. The predicted octanol–water partition coefficient (Wildman–Crippen LogP) is 5.24. The molecule has 0 heterocycles. The lowest BCUT2D eigenvalue weighted by Crippen LogP contribution is -2.19. The van der Waals surface area contributed by atoms with Crippen LogP contribution < -0.4 is 0 Å². The van der Waals surface area contributed by atoms with Crippen molar-refractivity contribution >= 4 is 15.9 Å². The Labute approximate surface area is 103 Å². The monoisotopic (exact) mass is 270 g/mol. The van der Waals surface area contributed by atoms with Crippen LogP contribution in [0.15, 0.2) is 23.3 Å². The molecule has 0 nitrogen and oxygen atoms in total. The summed E-state index contributed by atoms with van der Waals surface area (Å²) in [5, 5.41) is 1.07. The van der Waals surface area contributed by atoms with E-state index < -0.39 is 0 Å². The summed E-state index contributed by atoms with van der Waals surface area (Å²) in [7, 11) is 0. The largest absolute Gasteiger partial charge is 0.0925 e. The second-order valence-corrected chi connectivity index (χ2v) is 5.94.